The van der Waals surface area contributed by atoms with Gasteiger partial charge in [0.05, 0.1) is 24.2 Å². The minimum absolute atomic E-state index is 0.0824. The van der Waals surface area contributed by atoms with Crippen LogP contribution < -0.4 is 5.32 Å². The van der Waals surface area contributed by atoms with Crippen LogP contribution in [0.25, 0.3) is 0 Å². The second kappa shape index (κ2) is 11.4. The zero-order valence-corrected chi connectivity index (χ0v) is 15.7. The number of rotatable bonds is 15. The molecule has 0 aromatic carbocycles. The summed E-state index contributed by atoms with van der Waals surface area (Å²) < 4.78 is 11.5. The van der Waals surface area contributed by atoms with Crippen LogP contribution in [0.3, 0.4) is 0 Å². The Bertz CT molecular complexity index is 410. The number of ether oxygens (including phenoxy) is 2. The highest BCUT2D eigenvalue weighted by atomic mass is 16.5. The molecule has 8 nitrogen and oxygen atoms in total. The molecule has 1 atom stereocenters. The second-order valence-electron chi connectivity index (χ2n) is 7.24. The maximum absolute atomic E-state index is 10.9. The van der Waals surface area contributed by atoms with Crippen molar-refractivity contribution in [3.8, 4) is 0 Å². The lowest BCUT2D eigenvalue weighted by atomic mass is 10.0. The summed E-state index contributed by atoms with van der Waals surface area (Å²) in [5.74, 6) is -2.33. The van der Waals surface area contributed by atoms with Gasteiger partial charge in [0.2, 0.25) is 0 Å². The van der Waals surface area contributed by atoms with Crippen LogP contribution in [-0.2, 0) is 19.1 Å². The van der Waals surface area contributed by atoms with Crippen LogP contribution in [0.4, 0.5) is 0 Å². The van der Waals surface area contributed by atoms with Crippen molar-refractivity contribution >= 4 is 11.9 Å². The Morgan fingerprint density at radius 2 is 1.56 bits per heavy atom. The van der Waals surface area contributed by atoms with Crippen molar-refractivity contribution in [2.75, 3.05) is 26.4 Å². The van der Waals surface area contributed by atoms with Crippen LogP contribution in [0.2, 0.25) is 0 Å². The minimum Gasteiger partial charge on any atom is -0.481 e. The summed E-state index contributed by atoms with van der Waals surface area (Å²) in [7, 11) is 0. The highest BCUT2D eigenvalue weighted by molar-refractivity contribution is 5.80. The first kappa shape index (κ1) is 23.8. The van der Waals surface area contributed by atoms with Crippen LogP contribution in [0.15, 0.2) is 0 Å². The molecule has 0 bridgehead atoms. The normalized spacial score (nSPS) is 13.6. The van der Waals surface area contributed by atoms with E-state index < -0.39 is 24.4 Å². The summed E-state index contributed by atoms with van der Waals surface area (Å²) in [6.45, 7) is 9.15. The molecule has 0 aliphatic rings. The Labute approximate surface area is 149 Å². The first-order chi connectivity index (χ1) is 11.5. The SMILES string of the molecule is CC(C)(CCO)OCCC(C)(C)OCCCNC(CC(=O)O)C(=O)O. The molecule has 0 aliphatic heterocycles. The van der Waals surface area contributed by atoms with E-state index in [0.29, 0.717) is 39.0 Å². The Morgan fingerprint density at radius 1 is 1.00 bits per heavy atom. The summed E-state index contributed by atoms with van der Waals surface area (Å²) >= 11 is 0. The summed E-state index contributed by atoms with van der Waals surface area (Å²) in [6, 6.07) is -1.09. The molecular weight excluding hydrogens is 330 g/mol. The van der Waals surface area contributed by atoms with Gasteiger partial charge in [-0.15, -0.1) is 0 Å². The monoisotopic (exact) mass is 363 g/mol. The Kier molecular flexibility index (Phi) is 10.8. The Morgan fingerprint density at radius 3 is 2.08 bits per heavy atom. The van der Waals surface area contributed by atoms with E-state index in [4.69, 9.17) is 24.8 Å². The number of carboxylic acids is 2. The van der Waals surface area contributed by atoms with Gasteiger partial charge in [0.25, 0.3) is 0 Å². The average Bonchev–Trinajstić information content (AvgIpc) is 2.44. The first-order valence-electron chi connectivity index (χ1n) is 8.56. The summed E-state index contributed by atoms with van der Waals surface area (Å²) in [4.78, 5) is 21.5. The van der Waals surface area contributed by atoms with E-state index in [1.54, 1.807) is 0 Å². The maximum Gasteiger partial charge on any atom is 0.321 e. The molecule has 0 radical (unpaired) electrons. The molecule has 0 saturated heterocycles. The predicted octanol–water partition coefficient (Wildman–Crippen LogP) is 1.26. The third kappa shape index (κ3) is 12.7. The van der Waals surface area contributed by atoms with E-state index in [2.05, 4.69) is 5.32 Å². The van der Waals surface area contributed by atoms with Gasteiger partial charge in [-0.2, -0.15) is 0 Å². The van der Waals surface area contributed by atoms with Crippen molar-refractivity contribution in [1.82, 2.24) is 5.32 Å². The zero-order chi connectivity index (χ0) is 19.5. The topological polar surface area (TPSA) is 125 Å². The van der Waals surface area contributed by atoms with Gasteiger partial charge < -0.3 is 30.1 Å². The lowest BCUT2D eigenvalue weighted by Crippen LogP contribution is -2.39. The highest BCUT2D eigenvalue weighted by Crippen LogP contribution is 2.19. The van der Waals surface area contributed by atoms with E-state index in [1.807, 2.05) is 27.7 Å². The first-order valence-corrected chi connectivity index (χ1v) is 8.56. The van der Waals surface area contributed by atoms with E-state index in [1.165, 1.54) is 0 Å². The van der Waals surface area contributed by atoms with Crippen LogP contribution in [0.5, 0.6) is 0 Å². The molecule has 25 heavy (non-hydrogen) atoms. The quantitative estimate of drug-likeness (QED) is 0.320. The standard InChI is InChI=1S/C17H33NO7/c1-16(2,6-9-19)25-11-7-17(3,4)24-10-5-8-18-13(15(22)23)12-14(20)21/h13,18-19H,5-12H2,1-4H3,(H,20,21)(H,22,23). The number of nitrogens with one attached hydrogen (secondary N) is 1. The van der Waals surface area contributed by atoms with Crippen molar-refractivity contribution < 1.29 is 34.4 Å². The number of aliphatic hydroxyl groups excluding tert-OH is 1. The van der Waals surface area contributed by atoms with Crippen LogP contribution in [0, 0.1) is 0 Å². The van der Waals surface area contributed by atoms with Crippen molar-refractivity contribution in [1.29, 1.82) is 0 Å². The maximum atomic E-state index is 10.9. The smallest absolute Gasteiger partial charge is 0.321 e. The van der Waals surface area contributed by atoms with Crippen LogP contribution >= 0.6 is 0 Å². The van der Waals surface area contributed by atoms with E-state index in [0.717, 1.165) is 0 Å². The van der Waals surface area contributed by atoms with Gasteiger partial charge in [0.1, 0.15) is 6.04 Å². The largest absolute Gasteiger partial charge is 0.481 e. The molecule has 148 valence electrons. The van der Waals surface area contributed by atoms with Gasteiger partial charge in [-0.05, 0) is 53.5 Å². The lowest BCUT2D eigenvalue weighted by molar-refractivity contribution is -0.146. The highest BCUT2D eigenvalue weighted by Gasteiger charge is 2.23. The predicted molar refractivity (Wildman–Crippen MR) is 92.7 cm³/mol. The summed E-state index contributed by atoms with van der Waals surface area (Å²) in [5.41, 5.74) is -0.757. The Balaban J connectivity index is 3.98. The molecule has 0 fully saturated rings. The van der Waals surface area contributed by atoms with Gasteiger partial charge in [0.15, 0.2) is 0 Å². The molecule has 8 heteroatoms. The van der Waals surface area contributed by atoms with E-state index >= 15 is 0 Å². The number of aliphatic hydroxyl groups is 1. The number of carbonyl (C=O) groups is 2. The van der Waals surface area contributed by atoms with Gasteiger partial charge >= 0.3 is 11.9 Å². The third-order valence-electron chi connectivity index (χ3n) is 3.79. The zero-order valence-electron chi connectivity index (χ0n) is 15.7. The lowest BCUT2D eigenvalue weighted by Gasteiger charge is -2.29. The minimum atomic E-state index is -1.17. The van der Waals surface area contributed by atoms with Crippen LogP contribution in [0.1, 0.15) is 53.4 Å². The molecule has 0 aliphatic carbocycles. The van der Waals surface area contributed by atoms with E-state index in [-0.39, 0.29) is 17.8 Å². The number of hydrogen-bond acceptors (Lipinski definition) is 6. The van der Waals surface area contributed by atoms with E-state index in [9.17, 15) is 9.59 Å². The molecule has 0 amide bonds. The molecule has 1 unspecified atom stereocenters. The van der Waals surface area contributed by atoms with Gasteiger partial charge in [0, 0.05) is 13.2 Å². The Hall–Kier alpha value is -1.22. The number of aliphatic carboxylic acids is 2. The molecule has 0 spiro atoms. The summed E-state index contributed by atoms with van der Waals surface area (Å²) in [5, 5.41) is 29.3. The fraction of sp³-hybridized carbons (Fsp3) is 0.882. The number of carboxylic acid groups (broad SMARTS) is 2. The number of hydrogen-bond donors (Lipinski definition) is 4. The van der Waals surface area contributed by atoms with Gasteiger partial charge in [-0.25, -0.2) is 0 Å². The molecular formula is C17H33NO7. The molecule has 0 saturated carbocycles. The average molecular weight is 363 g/mol. The van der Waals surface area contributed by atoms with Crippen LogP contribution in [-0.4, -0.2) is 70.9 Å². The fourth-order valence-corrected chi connectivity index (χ4v) is 2.11. The molecule has 0 aromatic rings. The van der Waals surface area contributed by atoms with Crippen molar-refractivity contribution in [2.24, 2.45) is 0 Å². The van der Waals surface area contributed by atoms with Crippen molar-refractivity contribution in [3.63, 3.8) is 0 Å². The molecule has 4 N–H and O–H groups in total. The van der Waals surface area contributed by atoms with Gasteiger partial charge in [-0.3, -0.25) is 9.59 Å². The van der Waals surface area contributed by atoms with Crippen molar-refractivity contribution in [3.05, 3.63) is 0 Å². The molecule has 0 aromatic heterocycles. The molecule has 0 heterocycles. The molecule has 0 rings (SSSR count). The third-order valence-corrected chi connectivity index (χ3v) is 3.79. The summed E-state index contributed by atoms with van der Waals surface area (Å²) in [6.07, 6.45) is 1.37. The van der Waals surface area contributed by atoms with Gasteiger partial charge in [-0.1, -0.05) is 0 Å². The fourth-order valence-electron chi connectivity index (χ4n) is 2.11. The second-order valence-corrected chi connectivity index (χ2v) is 7.24. The van der Waals surface area contributed by atoms with Crippen molar-refractivity contribution in [2.45, 2.75) is 70.6 Å².